The number of nitrogens with one attached hydrogen (secondary N) is 2. The number of hydrogen-bond donors (Lipinski definition) is 2. The lowest BCUT2D eigenvalue weighted by Crippen LogP contribution is -2.41. The largest absolute Gasteiger partial charge is 0.348 e. The molecule has 2 aromatic rings. The third-order valence-electron chi connectivity index (χ3n) is 5.31. The number of non-ortho nitro benzene ring substituents is 1. The fourth-order valence-corrected chi connectivity index (χ4v) is 3.60. The predicted octanol–water partition coefficient (Wildman–Crippen LogP) is 4.20. The van der Waals surface area contributed by atoms with Crippen molar-refractivity contribution in [2.45, 2.75) is 45.1 Å². The molecule has 2 amide bonds. The van der Waals surface area contributed by atoms with Gasteiger partial charge in [0.25, 0.3) is 17.5 Å². The first-order valence-corrected chi connectivity index (χ1v) is 10.1. The summed E-state index contributed by atoms with van der Waals surface area (Å²) in [5, 5.41) is 16.9. The van der Waals surface area contributed by atoms with Crippen molar-refractivity contribution in [2.75, 3.05) is 0 Å². The lowest BCUT2D eigenvalue weighted by atomic mass is 9.95. The molecule has 2 N–H and O–H groups in total. The average molecular weight is 407 g/mol. The molecule has 1 saturated carbocycles. The number of hydrogen-bond acceptors (Lipinski definition) is 4. The zero-order chi connectivity index (χ0) is 21.5. The highest BCUT2D eigenvalue weighted by Gasteiger charge is 2.22. The molecule has 0 radical (unpaired) electrons. The Morgan fingerprint density at radius 2 is 1.63 bits per heavy atom. The van der Waals surface area contributed by atoms with E-state index in [1.807, 2.05) is 0 Å². The van der Waals surface area contributed by atoms with Crippen LogP contribution in [0.1, 0.15) is 54.9 Å². The lowest BCUT2D eigenvalue weighted by Gasteiger charge is -2.24. The topological polar surface area (TPSA) is 101 Å². The number of allylic oxidation sites excluding steroid dienone is 1. The Hall–Kier alpha value is -3.48. The van der Waals surface area contributed by atoms with Gasteiger partial charge >= 0.3 is 0 Å². The zero-order valence-corrected chi connectivity index (χ0v) is 16.9. The number of nitro groups is 1. The zero-order valence-electron chi connectivity index (χ0n) is 16.9. The van der Waals surface area contributed by atoms with E-state index in [9.17, 15) is 19.7 Å². The third-order valence-corrected chi connectivity index (χ3v) is 5.31. The van der Waals surface area contributed by atoms with E-state index in [-0.39, 0.29) is 23.3 Å². The van der Waals surface area contributed by atoms with Crippen LogP contribution in [0.15, 0.2) is 60.3 Å². The van der Waals surface area contributed by atoms with Crippen molar-refractivity contribution >= 4 is 23.1 Å². The predicted molar refractivity (Wildman–Crippen MR) is 115 cm³/mol. The Balaban J connectivity index is 1.93. The molecule has 0 saturated heterocycles. The van der Waals surface area contributed by atoms with Gasteiger partial charge in [0.2, 0.25) is 0 Å². The molecule has 1 fully saturated rings. The summed E-state index contributed by atoms with van der Waals surface area (Å²) in [4.78, 5) is 36.5. The van der Waals surface area contributed by atoms with Gasteiger partial charge in [-0.05, 0) is 43.0 Å². The van der Waals surface area contributed by atoms with Crippen LogP contribution in [0, 0.1) is 10.1 Å². The molecule has 0 bridgehead atoms. The number of carbonyl (C=O) groups is 2. The quantitative estimate of drug-likeness (QED) is 0.425. The van der Waals surface area contributed by atoms with Gasteiger partial charge < -0.3 is 10.6 Å². The molecular weight excluding hydrogens is 382 g/mol. The maximum Gasteiger partial charge on any atom is 0.270 e. The van der Waals surface area contributed by atoms with Gasteiger partial charge in [-0.15, -0.1) is 0 Å². The molecule has 7 nitrogen and oxygen atoms in total. The van der Waals surface area contributed by atoms with Crippen LogP contribution in [0.4, 0.5) is 5.69 Å². The summed E-state index contributed by atoms with van der Waals surface area (Å²) in [6, 6.07) is 14.7. The minimum atomic E-state index is -0.485. The summed E-state index contributed by atoms with van der Waals surface area (Å²) in [6.07, 6.45) is 5.09. The summed E-state index contributed by atoms with van der Waals surface area (Å²) >= 11 is 0. The molecule has 0 spiro atoms. The van der Waals surface area contributed by atoms with Crippen molar-refractivity contribution in [2.24, 2.45) is 0 Å². The van der Waals surface area contributed by atoms with Crippen LogP contribution < -0.4 is 10.6 Å². The van der Waals surface area contributed by atoms with Crippen LogP contribution in [0.3, 0.4) is 0 Å². The first-order chi connectivity index (χ1) is 14.5. The minimum Gasteiger partial charge on any atom is -0.348 e. The van der Waals surface area contributed by atoms with Crippen molar-refractivity contribution in [1.82, 2.24) is 10.6 Å². The Labute approximate surface area is 175 Å². The van der Waals surface area contributed by atoms with Gasteiger partial charge in [-0.1, -0.05) is 49.6 Å². The standard InChI is InChI=1S/C23H25N3O4/c1-16(18-11-8-14-20(15-18)26(29)30)21(23(28)24-19-12-6-3-7-13-19)25-22(27)17-9-4-2-5-10-17/h2,4-5,8-11,14-15,19H,3,6-7,12-13H2,1H3,(H,24,28)(H,25,27)/b21-16+. The normalized spacial score (nSPS) is 15.1. The third kappa shape index (κ3) is 5.31. The molecule has 0 aliphatic heterocycles. The van der Waals surface area contributed by atoms with Crippen LogP contribution in [-0.4, -0.2) is 22.8 Å². The molecule has 3 rings (SSSR count). The molecule has 1 aliphatic carbocycles. The summed E-state index contributed by atoms with van der Waals surface area (Å²) < 4.78 is 0. The van der Waals surface area contributed by atoms with Crippen LogP contribution in [0.2, 0.25) is 0 Å². The fraction of sp³-hybridized carbons (Fsp3) is 0.304. The molecule has 0 unspecified atom stereocenters. The first kappa shape index (κ1) is 21.2. The van der Waals surface area contributed by atoms with Gasteiger partial charge in [0.15, 0.2) is 0 Å². The molecule has 2 aromatic carbocycles. The van der Waals surface area contributed by atoms with E-state index in [0.717, 1.165) is 32.1 Å². The maximum absolute atomic E-state index is 13.1. The average Bonchev–Trinajstić information content (AvgIpc) is 2.78. The van der Waals surface area contributed by atoms with Gasteiger partial charge in [0, 0.05) is 23.7 Å². The van der Waals surface area contributed by atoms with Crippen molar-refractivity contribution in [3.63, 3.8) is 0 Å². The number of benzene rings is 2. The lowest BCUT2D eigenvalue weighted by molar-refractivity contribution is -0.384. The number of carbonyl (C=O) groups excluding carboxylic acids is 2. The Kier molecular flexibility index (Phi) is 6.95. The highest BCUT2D eigenvalue weighted by atomic mass is 16.6. The van der Waals surface area contributed by atoms with Gasteiger partial charge in [-0.3, -0.25) is 19.7 Å². The Morgan fingerprint density at radius 1 is 0.967 bits per heavy atom. The molecule has 30 heavy (non-hydrogen) atoms. The van der Waals surface area contributed by atoms with Crippen molar-refractivity contribution in [1.29, 1.82) is 0 Å². The highest BCUT2D eigenvalue weighted by molar-refractivity contribution is 6.07. The number of amides is 2. The van der Waals surface area contributed by atoms with Gasteiger partial charge in [-0.25, -0.2) is 0 Å². The molecule has 0 atom stereocenters. The summed E-state index contributed by atoms with van der Waals surface area (Å²) in [6.45, 7) is 1.68. The van der Waals surface area contributed by atoms with Crippen molar-refractivity contribution in [3.8, 4) is 0 Å². The Morgan fingerprint density at radius 3 is 2.30 bits per heavy atom. The van der Waals surface area contributed by atoms with Crippen molar-refractivity contribution in [3.05, 3.63) is 81.5 Å². The van der Waals surface area contributed by atoms with Crippen LogP contribution in [0.5, 0.6) is 0 Å². The summed E-state index contributed by atoms with van der Waals surface area (Å²) in [7, 11) is 0. The van der Waals surface area contributed by atoms with Crippen LogP contribution in [0.25, 0.3) is 5.57 Å². The van der Waals surface area contributed by atoms with E-state index in [1.54, 1.807) is 49.4 Å². The first-order valence-electron chi connectivity index (χ1n) is 10.1. The molecule has 0 heterocycles. The molecule has 1 aliphatic rings. The van der Waals surface area contributed by atoms with Gasteiger partial charge in [0.1, 0.15) is 5.70 Å². The number of nitro benzene ring substituents is 1. The van der Waals surface area contributed by atoms with Gasteiger partial charge in [-0.2, -0.15) is 0 Å². The van der Waals surface area contributed by atoms with Crippen molar-refractivity contribution < 1.29 is 14.5 Å². The van der Waals surface area contributed by atoms with E-state index in [4.69, 9.17) is 0 Å². The smallest absolute Gasteiger partial charge is 0.270 e. The minimum absolute atomic E-state index is 0.0628. The second kappa shape index (κ2) is 9.82. The Bertz CT molecular complexity index is 963. The van der Waals surface area contributed by atoms with E-state index in [1.165, 1.54) is 12.1 Å². The SMILES string of the molecule is C/C(=C(\NC(=O)c1ccccc1)C(=O)NC1CCCCC1)c1cccc([N+](=O)[O-])c1. The monoisotopic (exact) mass is 407 g/mol. The van der Waals surface area contributed by atoms with E-state index in [0.29, 0.717) is 16.7 Å². The van der Waals surface area contributed by atoms with E-state index >= 15 is 0 Å². The second-order valence-electron chi connectivity index (χ2n) is 7.44. The van der Waals surface area contributed by atoms with E-state index < -0.39 is 10.8 Å². The van der Waals surface area contributed by atoms with Crippen LogP contribution >= 0.6 is 0 Å². The second-order valence-corrected chi connectivity index (χ2v) is 7.44. The number of nitrogens with zero attached hydrogens (tertiary/aromatic N) is 1. The highest BCUT2D eigenvalue weighted by Crippen LogP contribution is 2.23. The molecule has 0 aromatic heterocycles. The molecular formula is C23H25N3O4. The molecule has 156 valence electrons. The maximum atomic E-state index is 13.1. The van der Waals surface area contributed by atoms with E-state index in [2.05, 4.69) is 10.6 Å². The summed E-state index contributed by atoms with van der Waals surface area (Å²) in [5.74, 6) is -0.788. The number of rotatable bonds is 6. The van der Waals surface area contributed by atoms with Gasteiger partial charge in [0.05, 0.1) is 4.92 Å². The van der Waals surface area contributed by atoms with Crippen LogP contribution in [-0.2, 0) is 4.79 Å². The summed E-state index contributed by atoms with van der Waals surface area (Å²) in [5.41, 5.74) is 1.43. The molecule has 7 heteroatoms. The fourth-order valence-electron chi connectivity index (χ4n) is 3.60.